The number of esters is 1. The van der Waals surface area contributed by atoms with Crippen LogP contribution in [-0.2, 0) is 20.8 Å². The average Bonchev–Trinajstić information content (AvgIpc) is 3.52. The van der Waals surface area contributed by atoms with Crippen molar-refractivity contribution in [3.8, 4) is 0 Å². The average molecular weight is 494 g/mol. The number of methoxy groups -OCH3 is 1. The Hall–Kier alpha value is -2.59. The fourth-order valence-electron chi connectivity index (χ4n) is 3.91. The lowest BCUT2D eigenvalue weighted by atomic mass is 9.93. The highest BCUT2D eigenvalue weighted by Crippen LogP contribution is 2.37. The van der Waals surface area contributed by atoms with Gasteiger partial charge in [0, 0.05) is 16.3 Å². The monoisotopic (exact) mass is 493 g/mol. The molecular weight excluding hydrogens is 462 g/mol. The summed E-state index contributed by atoms with van der Waals surface area (Å²) in [4.78, 5) is 42.2. The topological polar surface area (TPSA) is 97.0 Å². The lowest BCUT2D eigenvalue weighted by Crippen LogP contribution is -2.48. The van der Waals surface area contributed by atoms with Gasteiger partial charge in [-0.2, -0.15) is 0 Å². The third-order valence-corrected chi connectivity index (χ3v) is 7.39. The molecule has 0 saturated carbocycles. The van der Waals surface area contributed by atoms with Crippen molar-refractivity contribution in [1.82, 2.24) is 15.5 Å². The van der Waals surface area contributed by atoms with Crippen LogP contribution in [0.25, 0.3) is 0 Å². The molecule has 3 amide bonds. The molecule has 0 aliphatic carbocycles. The first-order valence-electron chi connectivity index (χ1n) is 11.1. The van der Waals surface area contributed by atoms with Gasteiger partial charge in [0.15, 0.2) is 0 Å². The maximum absolute atomic E-state index is 13.5. The molecule has 3 heterocycles. The van der Waals surface area contributed by atoms with Gasteiger partial charge >= 0.3 is 18.1 Å². The number of amides is 3. The summed E-state index contributed by atoms with van der Waals surface area (Å²) in [5, 5.41) is 9.60. The van der Waals surface area contributed by atoms with Gasteiger partial charge in [-0.25, -0.2) is 9.59 Å². The molecule has 180 valence electrons. The van der Waals surface area contributed by atoms with E-state index in [-0.39, 0.29) is 25.2 Å². The fourth-order valence-corrected chi connectivity index (χ4v) is 5.52. The van der Waals surface area contributed by atoms with E-state index in [1.807, 2.05) is 35.0 Å². The summed E-state index contributed by atoms with van der Waals surface area (Å²) >= 11 is 3.02. The SMILES string of the molecule is CCCC[C@H]1COC(=O)N(Cc2cccs2)C(c2cccs2)C(C(=O)OC)CCNC(=O)N1. The largest absolute Gasteiger partial charge is 0.469 e. The van der Waals surface area contributed by atoms with Crippen LogP contribution in [0.5, 0.6) is 0 Å². The van der Waals surface area contributed by atoms with Crippen LogP contribution in [0.2, 0.25) is 0 Å². The Balaban J connectivity index is 1.97. The van der Waals surface area contributed by atoms with Crippen LogP contribution in [0.3, 0.4) is 0 Å². The second-order valence-electron chi connectivity index (χ2n) is 7.90. The number of urea groups is 1. The van der Waals surface area contributed by atoms with Crippen molar-refractivity contribution in [3.05, 3.63) is 44.8 Å². The summed E-state index contributed by atoms with van der Waals surface area (Å²) < 4.78 is 10.8. The van der Waals surface area contributed by atoms with Crippen molar-refractivity contribution in [1.29, 1.82) is 0 Å². The van der Waals surface area contributed by atoms with E-state index in [9.17, 15) is 14.4 Å². The summed E-state index contributed by atoms with van der Waals surface area (Å²) in [5.41, 5.74) is 0. The Morgan fingerprint density at radius 2 is 2.03 bits per heavy atom. The second kappa shape index (κ2) is 12.6. The Labute approximate surface area is 202 Å². The highest BCUT2D eigenvalue weighted by molar-refractivity contribution is 7.10. The molecule has 1 aliphatic heterocycles. The molecule has 1 fully saturated rings. The van der Waals surface area contributed by atoms with Crippen LogP contribution in [0.15, 0.2) is 35.0 Å². The molecule has 10 heteroatoms. The van der Waals surface area contributed by atoms with Gasteiger partial charge in [-0.3, -0.25) is 9.69 Å². The van der Waals surface area contributed by atoms with Gasteiger partial charge < -0.3 is 20.1 Å². The van der Waals surface area contributed by atoms with Crippen LogP contribution in [0.1, 0.15) is 48.4 Å². The summed E-state index contributed by atoms with van der Waals surface area (Å²) in [6, 6.07) is 6.50. The van der Waals surface area contributed by atoms with Crippen molar-refractivity contribution in [2.75, 3.05) is 20.3 Å². The van der Waals surface area contributed by atoms with E-state index in [4.69, 9.17) is 9.47 Å². The van der Waals surface area contributed by atoms with E-state index in [1.54, 1.807) is 16.2 Å². The zero-order valence-corrected chi connectivity index (χ0v) is 20.6. The minimum atomic E-state index is -0.670. The number of hydrogen-bond acceptors (Lipinski definition) is 7. The molecule has 8 nitrogen and oxygen atoms in total. The Bertz CT molecular complexity index is 888. The van der Waals surface area contributed by atoms with Gasteiger partial charge in [-0.05, 0) is 35.7 Å². The van der Waals surface area contributed by atoms with Gasteiger partial charge in [-0.15, -0.1) is 22.7 Å². The zero-order chi connectivity index (χ0) is 23.6. The quantitative estimate of drug-likeness (QED) is 0.552. The van der Waals surface area contributed by atoms with E-state index in [2.05, 4.69) is 17.6 Å². The number of rotatable bonds is 7. The first-order chi connectivity index (χ1) is 16.0. The fraction of sp³-hybridized carbons (Fsp3) is 0.522. The third-order valence-electron chi connectivity index (χ3n) is 5.59. The molecule has 0 radical (unpaired) electrons. The lowest BCUT2D eigenvalue weighted by Gasteiger charge is -2.35. The van der Waals surface area contributed by atoms with Crippen molar-refractivity contribution in [2.45, 2.75) is 51.2 Å². The number of nitrogens with one attached hydrogen (secondary N) is 2. The van der Waals surface area contributed by atoms with E-state index in [0.717, 1.165) is 22.6 Å². The number of hydrogen-bond donors (Lipinski definition) is 2. The first kappa shape index (κ1) is 25.0. The molecule has 1 aliphatic rings. The van der Waals surface area contributed by atoms with Crippen LogP contribution >= 0.6 is 22.7 Å². The number of thiophene rings is 2. The molecule has 2 aromatic heterocycles. The highest BCUT2D eigenvalue weighted by atomic mass is 32.1. The molecule has 2 aromatic rings. The molecule has 2 unspecified atom stereocenters. The van der Waals surface area contributed by atoms with Gasteiger partial charge in [0.05, 0.1) is 31.7 Å². The second-order valence-corrected chi connectivity index (χ2v) is 9.91. The van der Waals surface area contributed by atoms with Crippen LogP contribution in [-0.4, -0.2) is 49.3 Å². The number of cyclic esters (lactones) is 1. The normalized spacial score (nSPS) is 22.4. The Morgan fingerprint density at radius 1 is 1.24 bits per heavy atom. The third kappa shape index (κ3) is 6.94. The highest BCUT2D eigenvalue weighted by Gasteiger charge is 2.39. The van der Waals surface area contributed by atoms with E-state index in [1.165, 1.54) is 18.4 Å². The summed E-state index contributed by atoms with van der Waals surface area (Å²) in [6.07, 6.45) is 2.39. The number of unbranched alkanes of at least 4 members (excludes halogenated alkanes) is 1. The van der Waals surface area contributed by atoms with Crippen molar-refractivity contribution >= 4 is 40.8 Å². The number of nitrogens with zero attached hydrogens (tertiary/aromatic N) is 1. The Morgan fingerprint density at radius 3 is 2.70 bits per heavy atom. The van der Waals surface area contributed by atoms with Gasteiger partial charge in [0.1, 0.15) is 6.61 Å². The van der Waals surface area contributed by atoms with E-state index >= 15 is 0 Å². The summed E-state index contributed by atoms with van der Waals surface area (Å²) in [6.45, 7) is 2.72. The standard InChI is InChI=1S/C23H31N3O5S2/c1-3-4-7-16-15-31-23(29)26(14-17-8-5-12-32-17)20(19-9-6-13-33-19)18(21(27)30-2)10-11-24-22(28)25-16/h5-6,8-9,12-13,16,18,20H,3-4,7,10-11,14-15H2,1-2H3,(H2,24,25,28)/t16-,18?,20?/m0/s1. The maximum atomic E-state index is 13.5. The van der Waals surface area contributed by atoms with Gasteiger partial charge in [0.25, 0.3) is 0 Å². The lowest BCUT2D eigenvalue weighted by molar-refractivity contribution is -0.148. The van der Waals surface area contributed by atoms with Crippen LogP contribution in [0, 0.1) is 5.92 Å². The minimum Gasteiger partial charge on any atom is -0.469 e. The zero-order valence-electron chi connectivity index (χ0n) is 19.0. The van der Waals surface area contributed by atoms with E-state index < -0.39 is 24.0 Å². The Kier molecular flexibility index (Phi) is 9.56. The number of carbonyl (C=O) groups is 3. The molecule has 0 bridgehead atoms. The molecule has 3 atom stereocenters. The number of carbonyl (C=O) groups excluding carboxylic acids is 3. The molecule has 3 rings (SSSR count). The summed E-state index contributed by atoms with van der Waals surface area (Å²) in [5.74, 6) is -1.10. The van der Waals surface area contributed by atoms with Crippen LogP contribution in [0.4, 0.5) is 9.59 Å². The van der Waals surface area contributed by atoms with Gasteiger partial charge in [-0.1, -0.05) is 31.9 Å². The first-order valence-corrected chi connectivity index (χ1v) is 12.9. The molecule has 0 aromatic carbocycles. The molecule has 0 spiro atoms. The predicted molar refractivity (Wildman–Crippen MR) is 128 cm³/mol. The maximum Gasteiger partial charge on any atom is 0.410 e. The molecular formula is C23H31N3O5S2. The predicted octanol–water partition coefficient (Wildman–Crippen LogP) is 4.54. The molecule has 1 saturated heterocycles. The van der Waals surface area contributed by atoms with Crippen LogP contribution < -0.4 is 10.6 Å². The molecule has 33 heavy (non-hydrogen) atoms. The molecule has 2 N–H and O–H groups in total. The smallest absolute Gasteiger partial charge is 0.410 e. The minimum absolute atomic E-state index is 0.0627. The van der Waals surface area contributed by atoms with Crippen molar-refractivity contribution in [2.24, 2.45) is 5.92 Å². The summed E-state index contributed by atoms with van der Waals surface area (Å²) in [7, 11) is 1.34. The van der Waals surface area contributed by atoms with Crippen molar-refractivity contribution < 1.29 is 23.9 Å². The number of ether oxygens (including phenoxy) is 2. The van der Waals surface area contributed by atoms with E-state index in [0.29, 0.717) is 19.4 Å². The van der Waals surface area contributed by atoms with Crippen molar-refractivity contribution in [3.63, 3.8) is 0 Å². The van der Waals surface area contributed by atoms with Gasteiger partial charge in [0.2, 0.25) is 0 Å².